The second-order valence-corrected chi connectivity index (χ2v) is 4.56. The van der Waals surface area contributed by atoms with Gasteiger partial charge in [-0.1, -0.05) is 27.7 Å². The second kappa shape index (κ2) is 5.25. The summed E-state index contributed by atoms with van der Waals surface area (Å²) >= 11 is 0. The normalized spacial score (nSPS) is 16.0. The molecular weight excluding hydrogens is 162 g/mol. The van der Waals surface area contributed by atoms with Crippen molar-refractivity contribution in [2.75, 3.05) is 0 Å². The van der Waals surface area contributed by atoms with Crippen molar-refractivity contribution in [1.82, 2.24) is 5.32 Å². The summed E-state index contributed by atoms with van der Waals surface area (Å²) in [7, 11) is 0. The zero-order chi connectivity index (χ0) is 10.6. The molecule has 0 aromatic heterocycles. The predicted octanol–water partition coefficient (Wildman–Crippen LogP) is 2.44. The number of nitrogens with one attached hydrogen (secondary N) is 1. The fraction of sp³-hybridized carbons (Fsp3) is 0.909. The van der Waals surface area contributed by atoms with Crippen molar-refractivity contribution in [2.45, 2.75) is 47.6 Å². The third-order valence-electron chi connectivity index (χ3n) is 2.68. The minimum atomic E-state index is 0.113. The highest BCUT2D eigenvalue weighted by Gasteiger charge is 2.22. The van der Waals surface area contributed by atoms with Crippen LogP contribution in [0.3, 0.4) is 0 Å². The zero-order valence-electron chi connectivity index (χ0n) is 9.72. The summed E-state index contributed by atoms with van der Waals surface area (Å²) in [4.78, 5) is 11.6. The molecule has 0 heterocycles. The van der Waals surface area contributed by atoms with Crippen LogP contribution >= 0.6 is 0 Å². The van der Waals surface area contributed by atoms with Crippen LogP contribution in [0.25, 0.3) is 0 Å². The first-order valence-corrected chi connectivity index (χ1v) is 5.16. The first-order chi connectivity index (χ1) is 5.86. The summed E-state index contributed by atoms with van der Waals surface area (Å²) in [6, 6.07) is 0.245. The summed E-state index contributed by atoms with van der Waals surface area (Å²) in [5.74, 6) is 1.30. The van der Waals surface area contributed by atoms with Gasteiger partial charge in [-0.25, -0.2) is 0 Å². The van der Waals surface area contributed by atoms with Crippen molar-refractivity contribution in [3.8, 4) is 0 Å². The van der Waals surface area contributed by atoms with Gasteiger partial charge in [0.05, 0.1) is 0 Å². The molecule has 2 unspecified atom stereocenters. The van der Waals surface area contributed by atoms with Crippen LogP contribution in [0.4, 0.5) is 0 Å². The minimum Gasteiger partial charge on any atom is -0.354 e. The molecule has 0 aromatic rings. The van der Waals surface area contributed by atoms with Gasteiger partial charge in [-0.05, 0) is 25.7 Å². The molecule has 0 spiro atoms. The van der Waals surface area contributed by atoms with E-state index >= 15 is 0 Å². The van der Waals surface area contributed by atoms with Crippen molar-refractivity contribution in [1.29, 1.82) is 0 Å². The molecule has 2 atom stereocenters. The quantitative estimate of drug-likeness (QED) is 0.716. The Balaban J connectivity index is 4.09. The average molecular weight is 185 g/mol. The highest BCUT2D eigenvalue weighted by Crippen LogP contribution is 2.19. The summed E-state index contributed by atoms with van der Waals surface area (Å²) in [5, 5.41) is 2.94. The molecule has 2 nitrogen and oxygen atoms in total. The van der Waals surface area contributed by atoms with E-state index in [0.29, 0.717) is 11.8 Å². The molecule has 0 fully saturated rings. The van der Waals surface area contributed by atoms with Gasteiger partial charge in [0, 0.05) is 12.0 Å². The molecule has 0 rings (SSSR count). The molecular formula is C11H23NO. The van der Waals surface area contributed by atoms with Crippen LogP contribution in [0.15, 0.2) is 0 Å². The molecule has 0 aliphatic rings. The van der Waals surface area contributed by atoms with E-state index in [9.17, 15) is 4.79 Å². The Hall–Kier alpha value is -0.530. The van der Waals surface area contributed by atoms with Crippen LogP contribution in [0.1, 0.15) is 41.5 Å². The molecule has 0 aliphatic carbocycles. The van der Waals surface area contributed by atoms with Crippen molar-refractivity contribution in [3.05, 3.63) is 0 Å². The van der Waals surface area contributed by atoms with Gasteiger partial charge >= 0.3 is 0 Å². The zero-order valence-corrected chi connectivity index (χ0v) is 9.72. The Morgan fingerprint density at radius 2 is 1.46 bits per heavy atom. The van der Waals surface area contributed by atoms with Gasteiger partial charge in [0.2, 0.25) is 5.91 Å². The number of carbonyl (C=O) groups is 1. The number of rotatable bonds is 4. The van der Waals surface area contributed by atoms with Crippen LogP contribution in [0.2, 0.25) is 0 Å². The Kier molecular flexibility index (Phi) is 5.04. The van der Waals surface area contributed by atoms with Crippen LogP contribution < -0.4 is 5.32 Å². The van der Waals surface area contributed by atoms with E-state index in [1.54, 1.807) is 0 Å². The minimum absolute atomic E-state index is 0.113. The molecule has 13 heavy (non-hydrogen) atoms. The first-order valence-electron chi connectivity index (χ1n) is 5.16. The van der Waals surface area contributed by atoms with E-state index < -0.39 is 0 Å². The lowest BCUT2D eigenvalue weighted by molar-refractivity contribution is -0.126. The van der Waals surface area contributed by atoms with Crippen LogP contribution in [-0.2, 0) is 4.79 Å². The van der Waals surface area contributed by atoms with Gasteiger partial charge in [0.25, 0.3) is 0 Å². The van der Waals surface area contributed by atoms with Gasteiger partial charge in [-0.3, -0.25) is 4.79 Å². The average Bonchev–Trinajstić information content (AvgIpc) is 2.00. The van der Waals surface area contributed by atoms with Gasteiger partial charge in [0.15, 0.2) is 0 Å². The molecule has 1 N–H and O–H groups in total. The maximum Gasteiger partial charge on any atom is 0.223 e. The smallest absolute Gasteiger partial charge is 0.223 e. The monoisotopic (exact) mass is 185 g/mol. The Bertz CT molecular complexity index is 163. The van der Waals surface area contributed by atoms with Crippen molar-refractivity contribution in [3.63, 3.8) is 0 Å². The van der Waals surface area contributed by atoms with Crippen molar-refractivity contribution < 1.29 is 4.79 Å². The molecule has 1 amide bonds. The molecule has 78 valence electrons. The molecule has 0 aliphatic heterocycles. The van der Waals surface area contributed by atoms with Gasteiger partial charge in [-0.15, -0.1) is 0 Å². The lowest BCUT2D eigenvalue weighted by Gasteiger charge is -2.23. The van der Waals surface area contributed by atoms with Gasteiger partial charge < -0.3 is 5.32 Å². The van der Waals surface area contributed by atoms with Crippen molar-refractivity contribution >= 4 is 5.91 Å². The van der Waals surface area contributed by atoms with Crippen LogP contribution in [0.5, 0.6) is 0 Å². The lowest BCUT2D eigenvalue weighted by Crippen LogP contribution is -2.37. The molecule has 0 bridgehead atoms. The third kappa shape index (κ3) is 4.30. The molecule has 0 radical (unpaired) electrons. The summed E-state index contributed by atoms with van der Waals surface area (Å²) in [6.45, 7) is 12.4. The maximum absolute atomic E-state index is 11.6. The number of hydrogen-bond acceptors (Lipinski definition) is 1. The van der Waals surface area contributed by atoms with E-state index in [1.807, 2.05) is 20.8 Å². The molecule has 0 saturated heterocycles. The second-order valence-electron chi connectivity index (χ2n) is 4.56. The Morgan fingerprint density at radius 1 is 1.00 bits per heavy atom. The van der Waals surface area contributed by atoms with E-state index in [0.717, 1.165) is 0 Å². The standard InChI is InChI=1S/C11H23NO/c1-7(2)9(5)10(6)11(13)12-8(3)4/h7-10H,1-6H3,(H,12,13). The number of carbonyl (C=O) groups excluding carboxylic acids is 1. The van der Waals surface area contributed by atoms with Crippen molar-refractivity contribution in [2.24, 2.45) is 17.8 Å². The fourth-order valence-electron chi connectivity index (χ4n) is 1.23. The Morgan fingerprint density at radius 3 is 1.77 bits per heavy atom. The van der Waals surface area contributed by atoms with Gasteiger partial charge in [-0.2, -0.15) is 0 Å². The summed E-state index contributed by atoms with van der Waals surface area (Å²) < 4.78 is 0. The molecule has 0 saturated carbocycles. The topological polar surface area (TPSA) is 29.1 Å². The van der Waals surface area contributed by atoms with E-state index in [-0.39, 0.29) is 17.9 Å². The SMILES string of the molecule is CC(C)NC(=O)C(C)C(C)C(C)C. The summed E-state index contributed by atoms with van der Waals surface area (Å²) in [5.41, 5.74) is 0. The largest absolute Gasteiger partial charge is 0.354 e. The lowest BCUT2D eigenvalue weighted by atomic mass is 9.85. The molecule has 2 heteroatoms. The van der Waals surface area contributed by atoms with E-state index in [1.165, 1.54) is 0 Å². The van der Waals surface area contributed by atoms with Crippen LogP contribution in [0, 0.1) is 17.8 Å². The maximum atomic E-state index is 11.6. The number of hydrogen-bond donors (Lipinski definition) is 1. The van der Waals surface area contributed by atoms with E-state index in [4.69, 9.17) is 0 Å². The van der Waals surface area contributed by atoms with Crippen LogP contribution in [-0.4, -0.2) is 11.9 Å². The highest BCUT2D eigenvalue weighted by atomic mass is 16.1. The summed E-state index contributed by atoms with van der Waals surface area (Å²) in [6.07, 6.45) is 0. The Labute approximate surface area is 82.1 Å². The highest BCUT2D eigenvalue weighted by molar-refractivity contribution is 5.78. The fourth-order valence-corrected chi connectivity index (χ4v) is 1.23. The number of amides is 1. The first kappa shape index (κ1) is 12.5. The predicted molar refractivity (Wildman–Crippen MR) is 56.4 cm³/mol. The van der Waals surface area contributed by atoms with Gasteiger partial charge in [0.1, 0.15) is 0 Å². The third-order valence-corrected chi connectivity index (χ3v) is 2.68. The van der Waals surface area contributed by atoms with E-state index in [2.05, 4.69) is 26.1 Å². The molecule has 0 aromatic carbocycles.